The Morgan fingerprint density at radius 2 is 2.00 bits per heavy atom. The van der Waals surface area contributed by atoms with Gasteiger partial charge in [0, 0.05) is 11.8 Å². The molecule has 1 unspecified atom stereocenters. The predicted molar refractivity (Wildman–Crippen MR) is 66.1 cm³/mol. The number of aliphatic hydroxyl groups is 1. The summed E-state index contributed by atoms with van der Waals surface area (Å²) in [6.07, 6.45) is 0.956. The summed E-state index contributed by atoms with van der Waals surface area (Å²) >= 11 is 0. The number of aliphatic hydroxyl groups excluding tert-OH is 1. The molecule has 0 spiro atoms. The van der Waals surface area contributed by atoms with Gasteiger partial charge in [-0.2, -0.15) is 5.26 Å². The molecule has 1 atom stereocenters. The largest absolute Gasteiger partial charge is 0.439 e. The molecule has 0 amide bonds. The van der Waals surface area contributed by atoms with Crippen LogP contribution in [0.15, 0.2) is 42.6 Å². The van der Waals surface area contributed by atoms with E-state index >= 15 is 0 Å². The highest BCUT2D eigenvalue weighted by molar-refractivity contribution is 5.38. The van der Waals surface area contributed by atoms with Crippen LogP contribution >= 0.6 is 0 Å². The molecule has 0 fully saturated rings. The van der Waals surface area contributed by atoms with Crippen molar-refractivity contribution in [3.05, 3.63) is 53.7 Å². The van der Waals surface area contributed by atoms with E-state index in [4.69, 9.17) is 10.00 Å². The molecule has 1 N–H and O–H groups in total. The van der Waals surface area contributed by atoms with Gasteiger partial charge >= 0.3 is 0 Å². The molecule has 0 saturated carbocycles. The van der Waals surface area contributed by atoms with Crippen LogP contribution in [0.25, 0.3) is 0 Å². The van der Waals surface area contributed by atoms with Gasteiger partial charge in [0.2, 0.25) is 5.88 Å². The maximum Gasteiger partial charge on any atom is 0.225 e. The summed E-state index contributed by atoms with van der Waals surface area (Å²) in [6, 6.07) is 12.3. The number of pyridine rings is 1. The van der Waals surface area contributed by atoms with E-state index in [1.165, 1.54) is 0 Å². The van der Waals surface area contributed by atoms with Crippen LogP contribution in [0.2, 0.25) is 0 Å². The highest BCUT2D eigenvalue weighted by Gasteiger charge is 2.10. The van der Waals surface area contributed by atoms with Crippen LogP contribution in [0.3, 0.4) is 0 Å². The number of benzene rings is 1. The number of ether oxygens (including phenoxy) is 1. The van der Waals surface area contributed by atoms with Crippen LogP contribution in [0, 0.1) is 11.3 Å². The quantitative estimate of drug-likeness (QED) is 0.895. The van der Waals surface area contributed by atoms with Gasteiger partial charge in [0.25, 0.3) is 0 Å². The Labute approximate surface area is 105 Å². The number of hydrogen-bond acceptors (Lipinski definition) is 4. The number of nitrogens with zero attached hydrogens (tertiary/aromatic N) is 2. The predicted octanol–water partition coefficient (Wildman–Crippen LogP) is 2.80. The van der Waals surface area contributed by atoms with Gasteiger partial charge in [-0.15, -0.1) is 0 Å². The van der Waals surface area contributed by atoms with Crippen LogP contribution in [0.1, 0.15) is 24.2 Å². The minimum absolute atomic E-state index is 0.372. The standard InChI is InChI=1S/C14H12N2O2/c1-10(17)13-3-2-8-16-14(13)18-12-6-4-11(9-15)5-7-12/h2-8,10,17H,1H3. The molecule has 0 saturated heterocycles. The monoisotopic (exact) mass is 240 g/mol. The first kappa shape index (κ1) is 12.1. The molecule has 2 aromatic rings. The average Bonchev–Trinajstić information content (AvgIpc) is 2.40. The maximum atomic E-state index is 9.60. The van der Waals surface area contributed by atoms with Gasteiger partial charge in [0.15, 0.2) is 0 Å². The molecule has 0 aliphatic rings. The normalized spacial score (nSPS) is 11.6. The molecule has 0 aliphatic carbocycles. The van der Waals surface area contributed by atoms with E-state index in [0.29, 0.717) is 22.8 Å². The fourth-order valence-corrected chi connectivity index (χ4v) is 1.52. The Bertz CT molecular complexity index is 571. The van der Waals surface area contributed by atoms with Gasteiger partial charge in [-0.1, -0.05) is 0 Å². The fourth-order valence-electron chi connectivity index (χ4n) is 1.52. The van der Waals surface area contributed by atoms with Crippen molar-refractivity contribution < 1.29 is 9.84 Å². The third kappa shape index (κ3) is 2.65. The Morgan fingerprint density at radius 1 is 1.28 bits per heavy atom. The minimum atomic E-state index is -0.646. The van der Waals surface area contributed by atoms with Crippen molar-refractivity contribution in [2.45, 2.75) is 13.0 Å². The van der Waals surface area contributed by atoms with Crippen LogP contribution in [0.4, 0.5) is 0 Å². The number of nitriles is 1. The molecule has 18 heavy (non-hydrogen) atoms. The van der Waals surface area contributed by atoms with E-state index in [1.54, 1.807) is 49.5 Å². The van der Waals surface area contributed by atoms with Gasteiger partial charge in [-0.3, -0.25) is 0 Å². The zero-order valence-corrected chi connectivity index (χ0v) is 9.87. The lowest BCUT2D eigenvalue weighted by molar-refractivity contribution is 0.194. The van der Waals surface area contributed by atoms with E-state index in [-0.39, 0.29) is 0 Å². The average molecular weight is 240 g/mol. The Kier molecular flexibility index (Phi) is 3.56. The lowest BCUT2D eigenvalue weighted by atomic mass is 10.2. The van der Waals surface area contributed by atoms with Crippen LogP contribution in [-0.4, -0.2) is 10.1 Å². The van der Waals surface area contributed by atoms with Crippen molar-refractivity contribution in [3.63, 3.8) is 0 Å². The van der Waals surface area contributed by atoms with Crippen molar-refractivity contribution >= 4 is 0 Å². The minimum Gasteiger partial charge on any atom is -0.439 e. The van der Waals surface area contributed by atoms with E-state index in [9.17, 15) is 5.11 Å². The van der Waals surface area contributed by atoms with Gasteiger partial charge < -0.3 is 9.84 Å². The van der Waals surface area contributed by atoms with E-state index in [0.717, 1.165) is 0 Å². The summed E-state index contributed by atoms with van der Waals surface area (Å²) in [5.41, 5.74) is 1.20. The summed E-state index contributed by atoms with van der Waals surface area (Å²) in [7, 11) is 0. The van der Waals surface area contributed by atoms with E-state index in [1.807, 2.05) is 6.07 Å². The number of aromatic nitrogens is 1. The lowest BCUT2D eigenvalue weighted by Crippen LogP contribution is -1.98. The molecule has 4 heteroatoms. The molecule has 90 valence electrons. The van der Waals surface area contributed by atoms with Crippen LogP contribution in [0.5, 0.6) is 11.6 Å². The summed E-state index contributed by atoms with van der Waals surface area (Å²) in [5.74, 6) is 0.951. The second-order valence-corrected chi connectivity index (χ2v) is 3.81. The first-order valence-electron chi connectivity index (χ1n) is 5.51. The van der Waals surface area contributed by atoms with Crippen molar-refractivity contribution in [2.24, 2.45) is 0 Å². The molecule has 1 aromatic heterocycles. The second kappa shape index (κ2) is 5.30. The fraction of sp³-hybridized carbons (Fsp3) is 0.143. The molecule has 4 nitrogen and oxygen atoms in total. The topological polar surface area (TPSA) is 66.1 Å². The Hall–Kier alpha value is -2.38. The smallest absolute Gasteiger partial charge is 0.225 e. The van der Waals surface area contributed by atoms with E-state index < -0.39 is 6.10 Å². The summed E-state index contributed by atoms with van der Waals surface area (Å²) in [5, 5.41) is 18.3. The third-order valence-corrected chi connectivity index (χ3v) is 2.45. The first-order valence-corrected chi connectivity index (χ1v) is 5.51. The van der Waals surface area contributed by atoms with Crippen LogP contribution < -0.4 is 4.74 Å². The number of hydrogen-bond donors (Lipinski definition) is 1. The third-order valence-electron chi connectivity index (χ3n) is 2.45. The molecule has 1 heterocycles. The van der Waals surface area contributed by atoms with Gasteiger partial charge in [-0.25, -0.2) is 4.98 Å². The van der Waals surface area contributed by atoms with E-state index in [2.05, 4.69) is 4.98 Å². The molecular formula is C14H12N2O2. The maximum absolute atomic E-state index is 9.60. The zero-order chi connectivity index (χ0) is 13.0. The highest BCUT2D eigenvalue weighted by atomic mass is 16.5. The van der Waals surface area contributed by atoms with Gasteiger partial charge in [0.05, 0.1) is 17.7 Å². The van der Waals surface area contributed by atoms with Crippen LogP contribution in [-0.2, 0) is 0 Å². The SMILES string of the molecule is CC(O)c1cccnc1Oc1ccc(C#N)cc1. The molecular weight excluding hydrogens is 228 g/mol. The summed E-state index contributed by atoms with van der Waals surface area (Å²) in [6.45, 7) is 1.66. The first-order chi connectivity index (χ1) is 8.70. The summed E-state index contributed by atoms with van der Waals surface area (Å²) in [4.78, 5) is 4.09. The Balaban J connectivity index is 2.26. The summed E-state index contributed by atoms with van der Waals surface area (Å²) < 4.78 is 5.59. The Morgan fingerprint density at radius 3 is 2.61 bits per heavy atom. The zero-order valence-electron chi connectivity index (χ0n) is 9.87. The van der Waals surface area contributed by atoms with Crippen molar-refractivity contribution in [1.82, 2.24) is 4.98 Å². The lowest BCUT2D eigenvalue weighted by Gasteiger charge is -2.11. The highest BCUT2D eigenvalue weighted by Crippen LogP contribution is 2.27. The second-order valence-electron chi connectivity index (χ2n) is 3.81. The molecule has 0 aliphatic heterocycles. The van der Waals surface area contributed by atoms with Gasteiger partial charge in [-0.05, 0) is 43.3 Å². The molecule has 2 rings (SSSR count). The molecule has 0 radical (unpaired) electrons. The number of rotatable bonds is 3. The van der Waals surface area contributed by atoms with Gasteiger partial charge in [0.1, 0.15) is 5.75 Å². The van der Waals surface area contributed by atoms with Crippen molar-refractivity contribution in [1.29, 1.82) is 5.26 Å². The van der Waals surface area contributed by atoms with Crippen molar-refractivity contribution in [2.75, 3.05) is 0 Å². The van der Waals surface area contributed by atoms with Crippen molar-refractivity contribution in [3.8, 4) is 17.7 Å². The molecule has 0 bridgehead atoms. The molecule has 1 aromatic carbocycles.